The minimum absolute atomic E-state index is 0.0112. The van der Waals surface area contributed by atoms with Gasteiger partial charge in [-0.3, -0.25) is 9.59 Å². The third-order valence-corrected chi connectivity index (χ3v) is 3.53. The summed E-state index contributed by atoms with van der Waals surface area (Å²) in [6.07, 6.45) is 0.697. The van der Waals surface area contributed by atoms with Gasteiger partial charge in [0.1, 0.15) is 6.54 Å². The van der Waals surface area contributed by atoms with Crippen molar-refractivity contribution >= 4 is 23.2 Å². The first kappa shape index (κ1) is 15.5. The number of carbonyl (C=O) groups excluding carboxylic acids is 2. The number of nitrogens with two attached hydrogens (primary N) is 1. The minimum atomic E-state index is -0.274. The molecular formula is C16H23N3O2. The van der Waals surface area contributed by atoms with Crippen molar-refractivity contribution in [1.82, 2.24) is 0 Å². The van der Waals surface area contributed by atoms with E-state index in [1.165, 1.54) is 0 Å². The van der Waals surface area contributed by atoms with Gasteiger partial charge in [0.15, 0.2) is 0 Å². The van der Waals surface area contributed by atoms with Crippen molar-refractivity contribution in [2.45, 2.75) is 27.2 Å². The Kier molecular flexibility index (Phi) is 4.32. The van der Waals surface area contributed by atoms with Crippen LogP contribution in [0.5, 0.6) is 0 Å². The van der Waals surface area contributed by atoms with Gasteiger partial charge in [0.2, 0.25) is 11.8 Å². The number of hydrogen-bond acceptors (Lipinski definition) is 3. The summed E-state index contributed by atoms with van der Waals surface area (Å²) in [5, 5.41) is 2.79. The molecule has 0 radical (unpaired) electrons. The molecule has 3 N–H and O–H groups in total. The number of hydrogen-bond donors (Lipinski definition) is 2. The highest BCUT2D eigenvalue weighted by molar-refractivity contribution is 6.10. The third-order valence-electron chi connectivity index (χ3n) is 3.53. The Hall–Kier alpha value is -1.88. The Morgan fingerprint density at radius 1 is 1.38 bits per heavy atom. The molecule has 1 heterocycles. The van der Waals surface area contributed by atoms with Gasteiger partial charge in [-0.05, 0) is 24.0 Å². The van der Waals surface area contributed by atoms with Crippen molar-refractivity contribution in [3.05, 3.63) is 24.3 Å². The number of amides is 2. The maximum atomic E-state index is 12.8. The van der Waals surface area contributed by atoms with E-state index in [4.69, 9.17) is 5.73 Å². The third kappa shape index (κ3) is 3.61. The van der Waals surface area contributed by atoms with E-state index in [1.54, 1.807) is 11.0 Å². The van der Waals surface area contributed by atoms with E-state index in [-0.39, 0.29) is 36.2 Å². The Labute approximate surface area is 125 Å². The SMILES string of the molecule is CC(C)(C)CC(CN)C(=O)N1CC(=O)Nc2ccccc21. The quantitative estimate of drug-likeness (QED) is 0.893. The molecule has 0 aromatic heterocycles. The van der Waals surface area contributed by atoms with E-state index >= 15 is 0 Å². The van der Waals surface area contributed by atoms with Crippen molar-refractivity contribution in [1.29, 1.82) is 0 Å². The molecule has 1 atom stereocenters. The molecule has 21 heavy (non-hydrogen) atoms. The van der Waals surface area contributed by atoms with Crippen LogP contribution in [-0.4, -0.2) is 24.9 Å². The van der Waals surface area contributed by atoms with Crippen LogP contribution in [0.3, 0.4) is 0 Å². The number of para-hydroxylation sites is 2. The Morgan fingerprint density at radius 3 is 2.67 bits per heavy atom. The predicted molar refractivity (Wildman–Crippen MR) is 84.0 cm³/mol. The number of fused-ring (bicyclic) bond motifs is 1. The zero-order valence-corrected chi connectivity index (χ0v) is 12.8. The van der Waals surface area contributed by atoms with Gasteiger partial charge in [-0.1, -0.05) is 32.9 Å². The highest BCUT2D eigenvalue weighted by Crippen LogP contribution is 2.32. The lowest BCUT2D eigenvalue weighted by atomic mass is 9.84. The number of nitrogens with one attached hydrogen (secondary N) is 1. The van der Waals surface area contributed by atoms with Gasteiger partial charge in [0, 0.05) is 6.54 Å². The second-order valence-corrected chi connectivity index (χ2v) is 6.69. The Balaban J connectivity index is 2.28. The molecule has 5 nitrogen and oxygen atoms in total. The summed E-state index contributed by atoms with van der Waals surface area (Å²) in [5.41, 5.74) is 7.22. The van der Waals surface area contributed by atoms with E-state index in [0.717, 1.165) is 5.69 Å². The molecule has 0 aliphatic carbocycles. The molecule has 1 aliphatic heterocycles. The average molecular weight is 289 g/mol. The van der Waals surface area contributed by atoms with E-state index < -0.39 is 0 Å². The zero-order valence-electron chi connectivity index (χ0n) is 12.8. The van der Waals surface area contributed by atoms with Crippen LogP contribution in [0.1, 0.15) is 27.2 Å². The van der Waals surface area contributed by atoms with Crippen molar-refractivity contribution in [3.63, 3.8) is 0 Å². The summed E-state index contributed by atoms with van der Waals surface area (Å²) >= 11 is 0. The molecule has 1 unspecified atom stereocenters. The molecule has 1 aliphatic rings. The molecule has 0 bridgehead atoms. The summed E-state index contributed by atoms with van der Waals surface area (Å²) < 4.78 is 0. The van der Waals surface area contributed by atoms with Crippen LogP contribution >= 0.6 is 0 Å². The molecule has 0 saturated carbocycles. The molecule has 2 rings (SSSR count). The minimum Gasteiger partial charge on any atom is -0.330 e. The van der Waals surface area contributed by atoms with Crippen molar-refractivity contribution in [2.75, 3.05) is 23.3 Å². The first-order chi connectivity index (χ1) is 9.81. The van der Waals surface area contributed by atoms with E-state index in [2.05, 4.69) is 26.1 Å². The van der Waals surface area contributed by atoms with Gasteiger partial charge in [0.25, 0.3) is 0 Å². The van der Waals surface area contributed by atoms with Gasteiger partial charge >= 0.3 is 0 Å². The highest BCUT2D eigenvalue weighted by Gasteiger charge is 2.32. The van der Waals surface area contributed by atoms with Crippen LogP contribution in [0.2, 0.25) is 0 Å². The fourth-order valence-corrected chi connectivity index (χ4v) is 2.66. The largest absolute Gasteiger partial charge is 0.330 e. The monoisotopic (exact) mass is 289 g/mol. The van der Waals surface area contributed by atoms with Crippen molar-refractivity contribution in [3.8, 4) is 0 Å². The van der Waals surface area contributed by atoms with Gasteiger partial charge in [0.05, 0.1) is 17.3 Å². The second kappa shape index (κ2) is 5.85. The molecule has 5 heteroatoms. The molecule has 114 valence electrons. The maximum absolute atomic E-state index is 12.8. The number of benzene rings is 1. The smallest absolute Gasteiger partial charge is 0.244 e. The number of rotatable bonds is 3. The summed E-state index contributed by atoms with van der Waals surface area (Å²) in [6, 6.07) is 7.34. The van der Waals surface area contributed by atoms with Crippen LogP contribution in [0.4, 0.5) is 11.4 Å². The van der Waals surface area contributed by atoms with Gasteiger partial charge in [-0.25, -0.2) is 0 Å². The molecule has 0 saturated heterocycles. The van der Waals surface area contributed by atoms with E-state index in [9.17, 15) is 9.59 Å². The van der Waals surface area contributed by atoms with Crippen LogP contribution in [0, 0.1) is 11.3 Å². The lowest BCUT2D eigenvalue weighted by molar-refractivity contribution is -0.125. The van der Waals surface area contributed by atoms with Gasteiger partial charge < -0.3 is 16.0 Å². The fourth-order valence-electron chi connectivity index (χ4n) is 2.66. The second-order valence-electron chi connectivity index (χ2n) is 6.69. The van der Waals surface area contributed by atoms with Crippen molar-refractivity contribution < 1.29 is 9.59 Å². The van der Waals surface area contributed by atoms with Crippen LogP contribution in [0.25, 0.3) is 0 Å². The molecule has 1 aromatic rings. The molecule has 2 amide bonds. The van der Waals surface area contributed by atoms with Crippen LogP contribution in [0.15, 0.2) is 24.3 Å². The van der Waals surface area contributed by atoms with E-state index in [1.807, 2.05) is 18.2 Å². The van der Waals surface area contributed by atoms with Crippen LogP contribution < -0.4 is 16.0 Å². The van der Waals surface area contributed by atoms with Gasteiger partial charge in [-0.15, -0.1) is 0 Å². The topological polar surface area (TPSA) is 75.4 Å². The molecule has 0 spiro atoms. The maximum Gasteiger partial charge on any atom is 0.244 e. The number of nitrogens with zero attached hydrogens (tertiary/aromatic N) is 1. The van der Waals surface area contributed by atoms with Crippen LogP contribution in [-0.2, 0) is 9.59 Å². The summed E-state index contributed by atoms with van der Waals surface area (Å²) in [5.74, 6) is -0.521. The lowest BCUT2D eigenvalue weighted by Gasteiger charge is -2.33. The first-order valence-electron chi connectivity index (χ1n) is 7.22. The average Bonchev–Trinajstić information content (AvgIpc) is 2.42. The zero-order chi connectivity index (χ0) is 15.6. The Bertz CT molecular complexity index is 549. The number of carbonyl (C=O) groups is 2. The first-order valence-corrected chi connectivity index (χ1v) is 7.22. The lowest BCUT2D eigenvalue weighted by Crippen LogP contribution is -2.47. The highest BCUT2D eigenvalue weighted by atomic mass is 16.2. The summed E-state index contributed by atoms with van der Waals surface area (Å²) in [4.78, 5) is 26.1. The summed E-state index contributed by atoms with van der Waals surface area (Å²) in [6.45, 7) is 6.59. The normalized spacial score (nSPS) is 16.2. The fraction of sp³-hybridized carbons (Fsp3) is 0.500. The molecule has 1 aromatic carbocycles. The molecular weight excluding hydrogens is 266 g/mol. The van der Waals surface area contributed by atoms with Crippen molar-refractivity contribution in [2.24, 2.45) is 17.1 Å². The predicted octanol–water partition coefficient (Wildman–Crippen LogP) is 1.98. The van der Waals surface area contributed by atoms with E-state index in [0.29, 0.717) is 12.1 Å². The summed E-state index contributed by atoms with van der Waals surface area (Å²) in [7, 11) is 0. The van der Waals surface area contributed by atoms with Gasteiger partial charge in [-0.2, -0.15) is 0 Å². The Morgan fingerprint density at radius 2 is 2.05 bits per heavy atom. The number of anilines is 2. The molecule has 0 fully saturated rings. The standard InChI is InChI=1S/C16H23N3O2/c1-16(2,3)8-11(9-17)15(21)19-10-14(20)18-12-6-4-5-7-13(12)19/h4-7,11H,8-10,17H2,1-3H3,(H,18,20).